The van der Waals surface area contributed by atoms with Crippen molar-refractivity contribution in [2.24, 2.45) is 10.9 Å². The van der Waals surface area contributed by atoms with E-state index in [0.29, 0.717) is 12.5 Å². The third-order valence-corrected chi connectivity index (χ3v) is 5.26. The number of benzene rings is 1. The summed E-state index contributed by atoms with van der Waals surface area (Å²) in [5.74, 6) is 2.46. The third kappa shape index (κ3) is 6.43. The molecule has 0 bridgehead atoms. The number of likely N-dealkylation sites (tertiary alicyclic amines) is 1. The number of aliphatic imine (C=N–C) groups is 1. The molecule has 1 aromatic rings. The van der Waals surface area contributed by atoms with Gasteiger partial charge in [-0.1, -0.05) is 12.1 Å². The van der Waals surface area contributed by atoms with E-state index in [1.165, 1.54) is 24.8 Å². The molecule has 2 aliphatic rings. The van der Waals surface area contributed by atoms with Gasteiger partial charge in [0.25, 0.3) is 0 Å². The van der Waals surface area contributed by atoms with Crippen LogP contribution in [0.15, 0.2) is 23.2 Å². The predicted molar refractivity (Wildman–Crippen MR) is 113 cm³/mol. The Kier molecular flexibility index (Phi) is 7.57. The van der Waals surface area contributed by atoms with Crippen LogP contribution < -0.4 is 15.4 Å². The average molecular weight is 387 g/mol. The second kappa shape index (κ2) is 10.3. The molecule has 3 rings (SSSR count). The lowest BCUT2D eigenvalue weighted by molar-refractivity contribution is -0.130. The van der Waals surface area contributed by atoms with Gasteiger partial charge in [0, 0.05) is 25.2 Å². The normalized spacial score (nSPS) is 17.4. The van der Waals surface area contributed by atoms with Gasteiger partial charge in [-0.3, -0.25) is 4.79 Å². The van der Waals surface area contributed by atoms with Crippen molar-refractivity contribution in [2.75, 3.05) is 32.8 Å². The third-order valence-electron chi connectivity index (χ3n) is 5.26. The molecule has 28 heavy (non-hydrogen) atoms. The molecule has 6 heteroatoms. The summed E-state index contributed by atoms with van der Waals surface area (Å²) in [5, 5.41) is 6.42. The Morgan fingerprint density at radius 2 is 2.00 bits per heavy atom. The molecule has 1 aliphatic carbocycles. The fourth-order valence-corrected chi connectivity index (χ4v) is 3.34. The standard InChI is InChI=1S/C22H34N4O2/c1-3-23-22(25-15-21(27)26-11-5-4-6-12-26)24-14-19-10-7-17(2)13-20(19)28-16-18-8-9-18/h7,10,13,18H,3-6,8-9,11-12,14-16H2,1-2H3,(H2,23,24,25). The van der Waals surface area contributed by atoms with Crippen molar-refractivity contribution in [3.05, 3.63) is 29.3 Å². The van der Waals surface area contributed by atoms with Crippen LogP contribution in [0.25, 0.3) is 0 Å². The van der Waals surface area contributed by atoms with Gasteiger partial charge in [-0.25, -0.2) is 4.99 Å². The van der Waals surface area contributed by atoms with Gasteiger partial charge < -0.3 is 20.3 Å². The van der Waals surface area contributed by atoms with Gasteiger partial charge in [0.1, 0.15) is 5.75 Å². The van der Waals surface area contributed by atoms with Crippen LogP contribution in [0.4, 0.5) is 0 Å². The average Bonchev–Trinajstić information content (AvgIpc) is 3.54. The summed E-state index contributed by atoms with van der Waals surface area (Å²) in [6.07, 6.45) is 5.99. The molecule has 0 radical (unpaired) electrons. The fourth-order valence-electron chi connectivity index (χ4n) is 3.34. The van der Waals surface area contributed by atoms with Crippen LogP contribution in [-0.4, -0.2) is 49.6 Å². The Morgan fingerprint density at radius 3 is 2.71 bits per heavy atom. The maximum Gasteiger partial charge on any atom is 0.241 e. The second-order valence-corrected chi connectivity index (χ2v) is 7.86. The predicted octanol–water partition coefficient (Wildman–Crippen LogP) is 2.85. The Labute approximate surface area is 168 Å². The molecule has 0 atom stereocenters. The second-order valence-electron chi connectivity index (χ2n) is 7.86. The first-order chi connectivity index (χ1) is 13.7. The smallest absolute Gasteiger partial charge is 0.241 e. The summed E-state index contributed by atoms with van der Waals surface area (Å²) in [4.78, 5) is 19.0. The SMILES string of the molecule is CCNC(=NCc1ccc(C)cc1OCC1CC1)NCC(=O)N1CCCCC1. The number of rotatable bonds is 8. The van der Waals surface area contributed by atoms with Gasteiger partial charge in [-0.2, -0.15) is 0 Å². The van der Waals surface area contributed by atoms with Gasteiger partial charge in [-0.15, -0.1) is 0 Å². The van der Waals surface area contributed by atoms with Crippen LogP contribution in [0, 0.1) is 12.8 Å². The molecular formula is C22H34N4O2. The highest BCUT2D eigenvalue weighted by molar-refractivity contribution is 5.86. The maximum atomic E-state index is 12.4. The number of amides is 1. The molecule has 2 N–H and O–H groups in total. The van der Waals surface area contributed by atoms with Crippen LogP contribution in [0.1, 0.15) is 50.2 Å². The number of aryl methyl sites for hydroxylation is 1. The first kappa shape index (κ1) is 20.5. The van der Waals surface area contributed by atoms with Crippen molar-refractivity contribution in [3.8, 4) is 5.75 Å². The van der Waals surface area contributed by atoms with E-state index in [4.69, 9.17) is 4.74 Å². The number of carbonyl (C=O) groups is 1. The van der Waals surface area contributed by atoms with Crippen molar-refractivity contribution in [1.82, 2.24) is 15.5 Å². The summed E-state index contributed by atoms with van der Waals surface area (Å²) in [5.41, 5.74) is 2.27. The molecule has 1 heterocycles. The molecular weight excluding hydrogens is 352 g/mol. The van der Waals surface area contributed by atoms with Crippen molar-refractivity contribution >= 4 is 11.9 Å². The topological polar surface area (TPSA) is 66.0 Å². The summed E-state index contributed by atoms with van der Waals surface area (Å²) < 4.78 is 6.04. The molecule has 1 saturated heterocycles. The van der Waals surface area contributed by atoms with Crippen LogP contribution in [-0.2, 0) is 11.3 Å². The zero-order valence-corrected chi connectivity index (χ0v) is 17.3. The lowest BCUT2D eigenvalue weighted by atomic mass is 10.1. The van der Waals surface area contributed by atoms with E-state index in [1.807, 2.05) is 11.8 Å². The van der Waals surface area contributed by atoms with E-state index in [-0.39, 0.29) is 12.5 Å². The first-order valence-corrected chi connectivity index (χ1v) is 10.7. The fraction of sp³-hybridized carbons (Fsp3) is 0.636. The molecule has 0 spiro atoms. The first-order valence-electron chi connectivity index (χ1n) is 10.7. The van der Waals surface area contributed by atoms with E-state index in [1.54, 1.807) is 0 Å². The monoisotopic (exact) mass is 386 g/mol. The zero-order valence-electron chi connectivity index (χ0n) is 17.3. The number of hydrogen-bond acceptors (Lipinski definition) is 3. The van der Waals surface area contributed by atoms with Crippen molar-refractivity contribution in [1.29, 1.82) is 0 Å². The minimum absolute atomic E-state index is 0.147. The van der Waals surface area contributed by atoms with E-state index >= 15 is 0 Å². The van der Waals surface area contributed by atoms with Gasteiger partial charge >= 0.3 is 0 Å². The highest BCUT2D eigenvalue weighted by atomic mass is 16.5. The number of hydrogen-bond donors (Lipinski definition) is 2. The highest BCUT2D eigenvalue weighted by Gasteiger charge is 2.22. The van der Waals surface area contributed by atoms with Crippen LogP contribution in [0.5, 0.6) is 5.75 Å². The van der Waals surface area contributed by atoms with E-state index in [2.05, 4.69) is 40.7 Å². The quantitative estimate of drug-likeness (QED) is 0.533. The Morgan fingerprint density at radius 1 is 1.21 bits per heavy atom. The summed E-state index contributed by atoms with van der Waals surface area (Å²) >= 11 is 0. The zero-order chi connectivity index (χ0) is 19.8. The molecule has 1 aromatic carbocycles. The lowest BCUT2D eigenvalue weighted by Crippen LogP contribution is -2.46. The minimum Gasteiger partial charge on any atom is -0.493 e. The minimum atomic E-state index is 0.147. The summed E-state index contributed by atoms with van der Waals surface area (Å²) in [6.45, 7) is 8.21. The summed E-state index contributed by atoms with van der Waals surface area (Å²) in [7, 11) is 0. The van der Waals surface area contributed by atoms with Gasteiger partial charge in [0.2, 0.25) is 5.91 Å². The molecule has 2 fully saturated rings. The molecule has 0 unspecified atom stereocenters. The number of guanidine groups is 1. The van der Waals surface area contributed by atoms with E-state index in [9.17, 15) is 4.79 Å². The van der Waals surface area contributed by atoms with Crippen LogP contribution in [0.3, 0.4) is 0 Å². The number of piperidine rings is 1. The Bertz CT molecular complexity index is 679. The van der Waals surface area contributed by atoms with Crippen molar-refractivity contribution < 1.29 is 9.53 Å². The Balaban J connectivity index is 1.57. The van der Waals surface area contributed by atoms with Crippen LogP contribution >= 0.6 is 0 Å². The molecule has 1 saturated carbocycles. The van der Waals surface area contributed by atoms with E-state index < -0.39 is 0 Å². The largest absolute Gasteiger partial charge is 0.493 e. The molecule has 154 valence electrons. The number of nitrogens with one attached hydrogen (secondary N) is 2. The summed E-state index contributed by atoms with van der Waals surface area (Å²) in [6, 6.07) is 6.27. The molecule has 0 aromatic heterocycles. The lowest BCUT2D eigenvalue weighted by Gasteiger charge is -2.27. The Hall–Kier alpha value is -2.24. The van der Waals surface area contributed by atoms with Crippen LogP contribution in [0.2, 0.25) is 0 Å². The van der Waals surface area contributed by atoms with Gasteiger partial charge in [0.15, 0.2) is 5.96 Å². The highest BCUT2D eigenvalue weighted by Crippen LogP contribution is 2.30. The maximum absolute atomic E-state index is 12.4. The number of ether oxygens (including phenoxy) is 1. The molecule has 1 aliphatic heterocycles. The van der Waals surface area contributed by atoms with Gasteiger partial charge in [-0.05, 0) is 63.5 Å². The number of carbonyl (C=O) groups excluding carboxylic acids is 1. The molecule has 6 nitrogen and oxygen atoms in total. The van der Waals surface area contributed by atoms with E-state index in [0.717, 1.165) is 56.3 Å². The van der Waals surface area contributed by atoms with Crippen molar-refractivity contribution in [2.45, 2.75) is 52.5 Å². The van der Waals surface area contributed by atoms with Crippen molar-refractivity contribution in [3.63, 3.8) is 0 Å². The molecule has 1 amide bonds. The van der Waals surface area contributed by atoms with Gasteiger partial charge in [0.05, 0.1) is 19.7 Å². The number of nitrogens with zero attached hydrogens (tertiary/aromatic N) is 2.